The van der Waals surface area contributed by atoms with Gasteiger partial charge in [0.15, 0.2) is 0 Å². The predicted molar refractivity (Wildman–Crippen MR) is 116 cm³/mol. The Morgan fingerprint density at radius 1 is 0.793 bits per heavy atom. The van der Waals surface area contributed by atoms with Crippen LogP contribution >= 0.6 is 0 Å². The van der Waals surface area contributed by atoms with Gasteiger partial charge in [0.2, 0.25) is 0 Å². The zero-order chi connectivity index (χ0) is 21.2. The maximum absolute atomic E-state index is 11.2. The summed E-state index contributed by atoms with van der Waals surface area (Å²) < 4.78 is 0. The number of carboxylic acids is 1. The summed E-state index contributed by atoms with van der Waals surface area (Å²) >= 11 is 0. The smallest absolute Gasteiger partial charge is 0.303 e. The third-order valence-corrected chi connectivity index (χ3v) is 5.02. The van der Waals surface area contributed by atoms with Gasteiger partial charge >= 0.3 is 5.97 Å². The molecule has 0 radical (unpaired) electrons. The number of aryl methyl sites for hydroxylation is 1. The number of nitrogens with two attached hydrogens (primary N) is 1. The van der Waals surface area contributed by atoms with Crippen LogP contribution < -0.4 is 5.73 Å². The number of hydrogen-bond donors (Lipinski definition) is 2. The van der Waals surface area contributed by atoms with Gasteiger partial charge < -0.3 is 10.8 Å². The van der Waals surface area contributed by atoms with Crippen molar-refractivity contribution >= 4 is 17.6 Å². The summed E-state index contributed by atoms with van der Waals surface area (Å²) in [5.41, 5.74) is 7.14. The van der Waals surface area contributed by atoms with Gasteiger partial charge in [-0.3, -0.25) is 9.59 Å². The lowest BCUT2D eigenvalue weighted by atomic mass is 10.0. The standard InChI is InChI=1S/C23H37N3O3/c24-19-22(27)26-25-21-17-14-13-16-20(21)15-11-9-7-5-3-1-2-4-6-8-10-12-18-23(28)29/h13-14,16-17H,1-12,15,18-19,24H2,(H,28,29). The van der Waals surface area contributed by atoms with Crippen molar-refractivity contribution in [2.45, 2.75) is 89.9 Å². The molecule has 1 amide bonds. The van der Waals surface area contributed by atoms with Crippen molar-refractivity contribution in [1.29, 1.82) is 0 Å². The summed E-state index contributed by atoms with van der Waals surface area (Å²) in [7, 11) is 0. The lowest BCUT2D eigenvalue weighted by molar-refractivity contribution is -0.137. The molecule has 1 aromatic rings. The van der Waals surface area contributed by atoms with Crippen LogP contribution in [-0.4, -0.2) is 23.5 Å². The van der Waals surface area contributed by atoms with Crippen LogP contribution in [0.15, 0.2) is 34.5 Å². The Bertz CT molecular complexity index is 617. The van der Waals surface area contributed by atoms with Crippen LogP contribution in [0, 0.1) is 0 Å². The molecule has 29 heavy (non-hydrogen) atoms. The molecule has 6 nitrogen and oxygen atoms in total. The Labute approximate surface area is 175 Å². The van der Waals surface area contributed by atoms with Crippen molar-refractivity contribution in [3.05, 3.63) is 29.8 Å². The molecule has 0 aliphatic rings. The number of rotatable bonds is 17. The molecule has 0 saturated heterocycles. The first-order chi connectivity index (χ1) is 14.1. The van der Waals surface area contributed by atoms with E-state index in [9.17, 15) is 9.59 Å². The molecule has 1 rings (SSSR count). The Hall–Kier alpha value is -2.08. The van der Waals surface area contributed by atoms with E-state index in [2.05, 4.69) is 10.2 Å². The highest BCUT2D eigenvalue weighted by molar-refractivity contribution is 5.78. The molecule has 3 N–H and O–H groups in total. The van der Waals surface area contributed by atoms with Crippen molar-refractivity contribution in [3.63, 3.8) is 0 Å². The van der Waals surface area contributed by atoms with Crippen LogP contribution in [0.4, 0.5) is 5.69 Å². The molecule has 0 aliphatic heterocycles. The van der Waals surface area contributed by atoms with Crippen LogP contribution in [0.25, 0.3) is 0 Å². The first kappa shape index (κ1) is 25.0. The monoisotopic (exact) mass is 403 g/mol. The minimum atomic E-state index is -0.682. The summed E-state index contributed by atoms with van der Waals surface area (Å²) in [5, 5.41) is 16.3. The maximum atomic E-state index is 11.2. The van der Waals surface area contributed by atoms with E-state index in [1.165, 1.54) is 51.4 Å². The molecule has 0 fully saturated rings. The number of benzene rings is 1. The van der Waals surface area contributed by atoms with Gasteiger partial charge in [-0.2, -0.15) is 0 Å². The quantitative estimate of drug-likeness (QED) is 0.247. The molecule has 0 saturated carbocycles. The molecule has 1 aromatic carbocycles. The van der Waals surface area contributed by atoms with Gasteiger partial charge in [0.05, 0.1) is 12.2 Å². The molecule has 0 heterocycles. The van der Waals surface area contributed by atoms with E-state index >= 15 is 0 Å². The van der Waals surface area contributed by atoms with Crippen molar-refractivity contribution in [2.24, 2.45) is 16.0 Å². The van der Waals surface area contributed by atoms with Crippen LogP contribution in [-0.2, 0) is 16.0 Å². The second-order valence-corrected chi connectivity index (χ2v) is 7.56. The number of carbonyl (C=O) groups excluding carboxylic acids is 1. The Kier molecular flexibility index (Phi) is 14.5. The van der Waals surface area contributed by atoms with Crippen molar-refractivity contribution in [1.82, 2.24) is 0 Å². The average Bonchev–Trinajstić information content (AvgIpc) is 2.72. The summed E-state index contributed by atoms with van der Waals surface area (Å²) in [5.74, 6) is -1.09. The number of carboxylic acid groups (broad SMARTS) is 1. The fourth-order valence-electron chi connectivity index (χ4n) is 3.33. The van der Waals surface area contributed by atoms with Gasteiger partial charge in [0, 0.05) is 6.42 Å². The summed E-state index contributed by atoms with van der Waals surface area (Å²) in [6.07, 6.45) is 15.5. The maximum Gasteiger partial charge on any atom is 0.303 e. The third-order valence-electron chi connectivity index (χ3n) is 5.02. The van der Waals surface area contributed by atoms with Crippen molar-refractivity contribution in [3.8, 4) is 0 Å². The number of amides is 1. The van der Waals surface area contributed by atoms with Gasteiger partial charge in [0.25, 0.3) is 5.91 Å². The molecule has 6 heteroatoms. The van der Waals surface area contributed by atoms with Crippen LogP contribution in [0.2, 0.25) is 0 Å². The first-order valence-electron chi connectivity index (χ1n) is 11.1. The fraction of sp³-hybridized carbons (Fsp3) is 0.652. The second kappa shape index (κ2) is 16.8. The minimum Gasteiger partial charge on any atom is -0.481 e. The van der Waals surface area contributed by atoms with E-state index in [-0.39, 0.29) is 6.54 Å². The van der Waals surface area contributed by atoms with Crippen LogP contribution in [0.1, 0.15) is 89.0 Å². The van der Waals surface area contributed by atoms with Gasteiger partial charge in [-0.25, -0.2) is 0 Å². The number of azo groups is 1. The van der Waals surface area contributed by atoms with Gasteiger partial charge in [0.1, 0.15) is 0 Å². The molecule has 0 bridgehead atoms. The Balaban J connectivity index is 2.01. The molecular formula is C23H37N3O3. The van der Waals surface area contributed by atoms with E-state index in [1.807, 2.05) is 24.3 Å². The molecular weight excluding hydrogens is 366 g/mol. The zero-order valence-electron chi connectivity index (χ0n) is 17.7. The van der Waals surface area contributed by atoms with Crippen LogP contribution in [0.3, 0.4) is 0 Å². The summed E-state index contributed by atoms with van der Waals surface area (Å²) in [6.45, 7) is -0.113. The van der Waals surface area contributed by atoms with E-state index in [0.29, 0.717) is 6.42 Å². The van der Waals surface area contributed by atoms with E-state index in [0.717, 1.165) is 43.4 Å². The number of aliphatic carboxylic acids is 1. The molecule has 0 aromatic heterocycles. The van der Waals surface area contributed by atoms with Gasteiger partial charge in [-0.05, 0) is 30.9 Å². The average molecular weight is 404 g/mol. The first-order valence-corrected chi connectivity index (χ1v) is 11.1. The molecule has 0 unspecified atom stereocenters. The summed E-state index contributed by atoms with van der Waals surface area (Å²) in [6, 6.07) is 7.82. The van der Waals surface area contributed by atoms with E-state index in [4.69, 9.17) is 10.8 Å². The lowest BCUT2D eigenvalue weighted by Gasteiger charge is -2.05. The number of hydrogen-bond acceptors (Lipinski definition) is 4. The highest BCUT2D eigenvalue weighted by Crippen LogP contribution is 2.22. The SMILES string of the molecule is NCC(=O)N=Nc1ccccc1CCCCCCCCCCCCCCC(=O)O. The molecule has 162 valence electrons. The third kappa shape index (κ3) is 13.7. The predicted octanol–water partition coefficient (Wildman–Crippen LogP) is 5.95. The fourth-order valence-corrected chi connectivity index (χ4v) is 3.33. The van der Waals surface area contributed by atoms with E-state index in [1.54, 1.807) is 0 Å². The highest BCUT2D eigenvalue weighted by atomic mass is 16.4. The second-order valence-electron chi connectivity index (χ2n) is 7.56. The Morgan fingerprint density at radius 3 is 1.86 bits per heavy atom. The van der Waals surface area contributed by atoms with Crippen molar-refractivity contribution in [2.75, 3.05) is 6.54 Å². The van der Waals surface area contributed by atoms with Gasteiger partial charge in [-0.15, -0.1) is 10.2 Å². The number of unbranched alkanes of at least 4 members (excludes halogenated alkanes) is 11. The normalized spacial score (nSPS) is 11.2. The molecule has 0 spiro atoms. The Morgan fingerprint density at radius 2 is 1.31 bits per heavy atom. The number of carbonyl (C=O) groups is 2. The van der Waals surface area contributed by atoms with Crippen LogP contribution in [0.5, 0.6) is 0 Å². The largest absolute Gasteiger partial charge is 0.481 e. The molecule has 0 atom stereocenters. The summed E-state index contributed by atoms with van der Waals surface area (Å²) in [4.78, 5) is 21.6. The topological polar surface area (TPSA) is 105 Å². The lowest BCUT2D eigenvalue weighted by Crippen LogP contribution is -2.09. The number of nitrogens with zero attached hydrogens (tertiary/aromatic N) is 2. The zero-order valence-corrected chi connectivity index (χ0v) is 17.7. The van der Waals surface area contributed by atoms with E-state index < -0.39 is 11.9 Å². The van der Waals surface area contributed by atoms with Crippen molar-refractivity contribution < 1.29 is 14.7 Å². The highest BCUT2D eigenvalue weighted by Gasteiger charge is 2.02. The minimum absolute atomic E-state index is 0.113. The van der Waals surface area contributed by atoms with Gasteiger partial charge in [-0.1, -0.05) is 82.4 Å². The molecule has 0 aliphatic carbocycles.